The van der Waals surface area contributed by atoms with Gasteiger partial charge in [0.25, 0.3) is 5.91 Å². The first kappa shape index (κ1) is 18.8. The molecule has 7 nitrogen and oxygen atoms in total. The summed E-state index contributed by atoms with van der Waals surface area (Å²) in [6, 6.07) is 9.28. The number of phenols is 1. The maximum atomic E-state index is 13.1. The van der Waals surface area contributed by atoms with Crippen molar-refractivity contribution < 1.29 is 19.2 Å². The minimum absolute atomic E-state index is 0.0763. The smallest absolute Gasteiger partial charge is 0.292 e. The number of phenolic OH excluding ortho intramolecular Hbond substituents is 1. The third kappa shape index (κ3) is 4.30. The minimum Gasteiger partial charge on any atom is -0.508 e. The lowest BCUT2D eigenvalue weighted by Crippen LogP contribution is -2.43. The molecule has 1 aromatic heterocycles. The molecule has 0 spiro atoms. The standard InChI is InChI=1S/C21H27N3O4/c25-18-6-3-4-16(14-18)7-8-17-5-1-2-9-24(17)21(26)19-15-20(22-28-19)23-10-12-27-13-11-23/h3-4,6,14-15,17,25H,1-2,5,7-13H2. The molecule has 2 saturated heterocycles. The first-order valence-electron chi connectivity index (χ1n) is 10.1. The van der Waals surface area contributed by atoms with Crippen LogP contribution in [0.4, 0.5) is 5.82 Å². The number of aromatic nitrogens is 1. The molecule has 1 atom stereocenters. The zero-order valence-corrected chi connectivity index (χ0v) is 16.0. The molecule has 1 unspecified atom stereocenters. The summed E-state index contributed by atoms with van der Waals surface area (Å²) in [5.74, 6) is 1.23. The van der Waals surface area contributed by atoms with E-state index in [1.54, 1.807) is 18.2 Å². The summed E-state index contributed by atoms with van der Waals surface area (Å²) in [5, 5.41) is 13.8. The zero-order chi connectivity index (χ0) is 19.3. The molecule has 3 heterocycles. The van der Waals surface area contributed by atoms with Gasteiger partial charge in [-0.2, -0.15) is 0 Å². The lowest BCUT2D eigenvalue weighted by Gasteiger charge is -2.35. The average molecular weight is 385 g/mol. The van der Waals surface area contributed by atoms with Gasteiger partial charge in [0.1, 0.15) is 5.75 Å². The SMILES string of the molecule is O=C(c1cc(N2CCOCC2)no1)N1CCCCC1CCc1cccc(O)c1. The van der Waals surface area contributed by atoms with Crippen molar-refractivity contribution in [3.8, 4) is 5.75 Å². The number of hydrogen-bond acceptors (Lipinski definition) is 6. The summed E-state index contributed by atoms with van der Waals surface area (Å²) in [7, 11) is 0. The van der Waals surface area contributed by atoms with Crippen molar-refractivity contribution in [2.75, 3.05) is 37.7 Å². The third-order valence-corrected chi connectivity index (χ3v) is 5.61. The first-order chi connectivity index (χ1) is 13.7. The molecule has 0 radical (unpaired) electrons. The second-order valence-corrected chi connectivity index (χ2v) is 7.51. The van der Waals surface area contributed by atoms with E-state index in [4.69, 9.17) is 9.26 Å². The van der Waals surface area contributed by atoms with Gasteiger partial charge in [0.15, 0.2) is 5.82 Å². The summed E-state index contributed by atoms with van der Waals surface area (Å²) in [6.07, 6.45) is 4.84. The van der Waals surface area contributed by atoms with E-state index >= 15 is 0 Å². The molecular formula is C21H27N3O4. The van der Waals surface area contributed by atoms with Gasteiger partial charge in [0.05, 0.1) is 13.2 Å². The molecular weight excluding hydrogens is 358 g/mol. The molecule has 1 N–H and O–H groups in total. The Morgan fingerprint density at radius 2 is 2.04 bits per heavy atom. The molecule has 2 aliphatic heterocycles. The van der Waals surface area contributed by atoms with E-state index in [1.165, 1.54) is 0 Å². The number of amides is 1. The number of ether oxygens (including phenoxy) is 1. The number of likely N-dealkylation sites (tertiary alicyclic amines) is 1. The van der Waals surface area contributed by atoms with E-state index in [9.17, 15) is 9.90 Å². The monoisotopic (exact) mass is 385 g/mol. The van der Waals surface area contributed by atoms with Gasteiger partial charge in [-0.05, 0) is 49.8 Å². The number of nitrogens with zero attached hydrogens (tertiary/aromatic N) is 3. The lowest BCUT2D eigenvalue weighted by atomic mass is 9.95. The predicted octanol–water partition coefficient (Wildman–Crippen LogP) is 2.84. The number of anilines is 1. The molecule has 0 aliphatic carbocycles. The fourth-order valence-corrected chi connectivity index (χ4v) is 4.06. The van der Waals surface area contributed by atoms with E-state index in [2.05, 4.69) is 10.1 Å². The number of benzene rings is 1. The Hall–Kier alpha value is -2.54. The zero-order valence-electron chi connectivity index (χ0n) is 16.0. The average Bonchev–Trinajstić information content (AvgIpc) is 3.23. The minimum atomic E-state index is -0.0763. The van der Waals surface area contributed by atoms with Gasteiger partial charge in [-0.15, -0.1) is 0 Å². The number of aryl methyl sites for hydroxylation is 1. The molecule has 4 rings (SSSR count). The Morgan fingerprint density at radius 3 is 2.86 bits per heavy atom. The van der Waals surface area contributed by atoms with Crippen LogP contribution in [0.1, 0.15) is 41.8 Å². The maximum Gasteiger partial charge on any atom is 0.292 e. The second kappa shape index (κ2) is 8.65. The van der Waals surface area contributed by atoms with Crippen LogP contribution in [0, 0.1) is 0 Å². The molecule has 7 heteroatoms. The van der Waals surface area contributed by atoms with Crippen molar-refractivity contribution >= 4 is 11.7 Å². The molecule has 2 fully saturated rings. The van der Waals surface area contributed by atoms with Gasteiger partial charge in [-0.3, -0.25) is 4.79 Å². The van der Waals surface area contributed by atoms with E-state index in [0.29, 0.717) is 24.8 Å². The van der Waals surface area contributed by atoms with E-state index < -0.39 is 0 Å². The van der Waals surface area contributed by atoms with Crippen molar-refractivity contribution in [2.24, 2.45) is 0 Å². The Labute approximate surface area is 164 Å². The number of rotatable bonds is 5. The normalized spacial score (nSPS) is 20.4. The van der Waals surface area contributed by atoms with Crippen LogP contribution in [0.2, 0.25) is 0 Å². The summed E-state index contributed by atoms with van der Waals surface area (Å²) >= 11 is 0. The Balaban J connectivity index is 1.42. The van der Waals surface area contributed by atoms with Crippen molar-refractivity contribution in [3.63, 3.8) is 0 Å². The molecule has 0 saturated carbocycles. The first-order valence-corrected chi connectivity index (χ1v) is 10.1. The van der Waals surface area contributed by atoms with Crippen LogP contribution in [-0.4, -0.2) is 60.0 Å². The fourth-order valence-electron chi connectivity index (χ4n) is 4.06. The van der Waals surface area contributed by atoms with E-state index in [-0.39, 0.29) is 17.7 Å². The van der Waals surface area contributed by atoms with Crippen LogP contribution in [0.25, 0.3) is 0 Å². The van der Waals surface area contributed by atoms with Gasteiger partial charge in [0, 0.05) is 31.7 Å². The highest BCUT2D eigenvalue weighted by atomic mass is 16.5. The van der Waals surface area contributed by atoms with Gasteiger partial charge in [-0.25, -0.2) is 0 Å². The highest BCUT2D eigenvalue weighted by Gasteiger charge is 2.30. The number of hydrogen-bond donors (Lipinski definition) is 1. The summed E-state index contributed by atoms with van der Waals surface area (Å²) in [5.41, 5.74) is 1.09. The van der Waals surface area contributed by atoms with Crippen LogP contribution in [-0.2, 0) is 11.2 Å². The number of carbonyl (C=O) groups is 1. The number of aromatic hydroxyl groups is 1. The van der Waals surface area contributed by atoms with Crippen LogP contribution in [0.5, 0.6) is 5.75 Å². The highest BCUT2D eigenvalue weighted by molar-refractivity contribution is 5.92. The lowest BCUT2D eigenvalue weighted by molar-refractivity contribution is 0.0560. The Morgan fingerprint density at radius 1 is 1.18 bits per heavy atom. The molecule has 0 bridgehead atoms. The maximum absolute atomic E-state index is 13.1. The quantitative estimate of drug-likeness (QED) is 0.853. The third-order valence-electron chi connectivity index (χ3n) is 5.61. The van der Waals surface area contributed by atoms with E-state index in [1.807, 2.05) is 17.0 Å². The molecule has 2 aromatic rings. The second-order valence-electron chi connectivity index (χ2n) is 7.51. The summed E-state index contributed by atoms with van der Waals surface area (Å²) < 4.78 is 10.8. The van der Waals surface area contributed by atoms with Crippen LogP contribution < -0.4 is 4.90 Å². The van der Waals surface area contributed by atoms with Gasteiger partial charge < -0.3 is 24.2 Å². The topological polar surface area (TPSA) is 79.0 Å². The predicted molar refractivity (Wildman–Crippen MR) is 105 cm³/mol. The number of piperidine rings is 1. The largest absolute Gasteiger partial charge is 0.508 e. The van der Waals surface area contributed by atoms with Gasteiger partial charge in [-0.1, -0.05) is 17.3 Å². The highest BCUT2D eigenvalue weighted by Crippen LogP contribution is 2.25. The number of morpholine rings is 1. The molecule has 2 aliphatic rings. The number of carbonyl (C=O) groups excluding carboxylic acids is 1. The summed E-state index contributed by atoms with van der Waals surface area (Å²) in [4.78, 5) is 17.1. The van der Waals surface area contributed by atoms with Crippen molar-refractivity contribution in [1.29, 1.82) is 0 Å². The Bertz CT molecular complexity index is 800. The van der Waals surface area contributed by atoms with E-state index in [0.717, 1.165) is 57.3 Å². The molecule has 1 aromatic carbocycles. The van der Waals surface area contributed by atoms with Crippen molar-refractivity contribution in [2.45, 2.75) is 38.1 Å². The fraction of sp³-hybridized carbons (Fsp3) is 0.524. The summed E-state index contributed by atoms with van der Waals surface area (Å²) in [6.45, 7) is 3.60. The molecule has 1 amide bonds. The van der Waals surface area contributed by atoms with Crippen LogP contribution in [0.3, 0.4) is 0 Å². The van der Waals surface area contributed by atoms with Crippen LogP contribution >= 0.6 is 0 Å². The van der Waals surface area contributed by atoms with Crippen molar-refractivity contribution in [3.05, 3.63) is 41.7 Å². The van der Waals surface area contributed by atoms with Crippen LogP contribution in [0.15, 0.2) is 34.9 Å². The molecule has 28 heavy (non-hydrogen) atoms. The van der Waals surface area contributed by atoms with Crippen molar-refractivity contribution in [1.82, 2.24) is 10.1 Å². The van der Waals surface area contributed by atoms with Gasteiger partial charge >= 0.3 is 0 Å². The molecule has 150 valence electrons. The van der Waals surface area contributed by atoms with Gasteiger partial charge in [0.2, 0.25) is 5.76 Å². The Kier molecular flexibility index (Phi) is 5.81.